The van der Waals surface area contributed by atoms with E-state index >= 15 is 0 Å². The quantitative estimate of drug-likeness (QED) is 0.833. The molecule has 2 heterocycles. The number of carbonyl (C=O) groups is 2. The van der Waals surface area contributed by atoms with Crippen molar-refractivity contribution in [3.63, 3.8) is 0 Å². The number of amides is 1. The predicted molar refractivity (Wildman–Crippen MR) is 85.7 cm³/mol. The molecule has 7 nitrogen and oxygen atoms in total. The van der Waals surface area contributed by atoms with Gasteiger partial charge in [-0.25, -0.2) is 0 Å². The first-order valence-electron chi connectivity index (χ1n) is 7.75. The highest BCUT2D eigenvalue weighted by atomic mass is 16.5. The van der Waals surface area contributed by atoms with Crippen molar-refractivity contribution in [3.8, 4) is 0 Å². The van der Waals surface area contributed by atoms with E-state index < -0.39 is 11.5 Å². The Balaban J connectivity index is 1.67. The number of hydrogen-bond acceptors (Lipinski definition) is 4. The third-order valence-corrected chi connectivity index (χ3v) is 4.09. The molecule has 2 aromatic rings. The lowest BCUT2D eigenvalue weighted by molar-refractivity contribution is -0.138. The number of hydrogen-bond donors (Lipinski definition) is 2. The SMILES string of the molecule is O=C(O)CC1(NC(=O)c2ccc(Cn3cccn3)cc2)CCOC1. The smallest absolute Gasteiger partial charge is 0.305 e. The molecule has 0 radical (unpaired) electrons. The van der Waals surface area contributed by atoms with E-state index in [-0.39, 0.29) is 18.9 Å². The van der Waals surface area contributed by atoms with E-state index in [0.717, 1.165) is 5.56 Å². The van der Waals surface area contributed by atoms with Crippen molar-refractivity contribution in [3.05, 3.63) is 53.9 Å². The molecule has 1 saturated heterocycles. The summed E-state index contributed by atoms with van der Waals surface area (Å²) in [6, 6.07) is 9.06. The van der Waals surface area contributed by atoms with Crippen LogP contribution in [0.4, 0.5) is 0 Å². The summed E-state index contributed by atoms with van der Waals surface area (Å²) in [5.41, 5.74) is 0.701. The van der Waals surface area contributed by atoms with E-state index in [1.54, 1.807) is 23.0 Å². The van der Waals surface area contributed by atoms with Gasteiger partial charge in [-0.05, 0) is 30.2 Å². The van der Waals surface area contributed by atoms with Crippen molar-refractivity contribution in [1.82, 2.24) is 15.1 Å². The number of rotatable bonds is 6. The van der Waals surface area contributed by atoms with Gasteiger partial charge in [0.1, 0.15) is 0 Å². The van der Waals surface area contributed by atoms with Crippen LogP contribution in [0.15, 0.2) is 42.7 Å². The molecule has 0 saturated carbocycles. The number of aromatic nitrogens is 2. The molecule has 1 atom stereocenters. The van der Waals surface area contributed by atoms with Crippen molar-refractivity contribution in [2.24, 2.45) is 0 Å². The van der Waals surface area contributed by atoms with Gasteiger partial charge in [-0.1, -0.05) is 12.1 Å². The summed E-state index contributed by atoms with van der Waals surface area (Å²) in [5, 5.41) is 16.1. The van der Waals surface area contributed by atoms with Crippen LogP contribution in [0.25, 0.3) is 0 Å². The lowest BCUT2D eigenvalue weighted by Gasteiger charge is -2.27. The van der Waals surface area contributed by atoms with Crippen molar-refractivity contribution < 1.29 is 19.4 Å². The third-order valence-electron chi connectivity index (χ3n) is 4.09. The second kappa shape index (κ2) is 6.84. The van der Waals surface area contributed by atoms with Crippen molar-refractivity contribution >= 4 is 11.9 Å². The fraction of sp³-hybridized carbons (Fsp3) is 0.353. The number of nitrogens with one attached hydrogen (secondary N) is 1. The summed E-state index contributed by atoms with van der Waals surface area (Å²) in [6.45, 7) is 1.31. The molecule has 1 unspecified atom stereocenters. The topological polar surface area (TPSA) is 93.5 Å². The second-order valence-corrected chi connectivity index (χ2v) is 6.01. The van der Waals surface area contributed by atoms with Crippen LogP contribution >= 0.6 is 0 Å². The van der Waals surface area contributed by atoms with Crippen molar-refractivity contribution in [2.75, 3.05) is 13.2 Å². The predicted octanol–water partition coefficient (Wildman–Crippen LogP) is 1.29. The van der Waals surface area contributed by atoms with Gasteiger partial charge in [0.15, 0.2) is 0 Å². The molecule has 1 fully saturated rings. The van der Waals surface area contributed by atoms with E-state index in [1.807, 2.05) is 24.4 Å². The number of aliphatic carboxylic acids is 1. The zero-order valence-corrected chi connectivity index (χ0v) is 13.1. The highest BCUT2D eigenvalue weighted by Gasteiger charge is 2.38. The molecule has 1 aliphatic heterocycles. The molecule has 24 heavy (non-hydrogen) atoms. The minimum atomic E-state index is -0.949. The largest absolute Gasteiger partial charge is 0.481 e. The highest BCUT2D eigenvalue weighted by molar-refractivity contribution is 5.95. The molecule has 2 N–H and O–H groups in total. The number of carbonyl (C=O) groups excluding carboxylic acids is 1. The van der Waals surface area contributed by atoms with Crippen LogP contribution in [-0.2, 0) is 16.1 Å². The normalized spacial score (nSPS) is 20.0. The third kappa shape index (κ3) is 3.80. The average molecular weight is 329 g/mol. The number of benzene rings is 1. The number of carboxylic acid groups (broad SMARTS) is 1. The molecule has 1 aliphatic rings. The van der Waals surface area contributed by atoms with Gasteiger partial charge >= 0.3 is 5.97 Å². The Morgan fingerprint density at radius 2 is 2.12 bits per heavy atom. The second-order valence-electron chi connectivity index (χ2n) is 6.01. The van der Waals surface area contributed by atoms with Gasteiger partial charge in [-0.2, -0.15) is 5.10 Å². The molecule has 3 rings (SSSR count). The lowest BCUT2D eigenvalue weighted by Crippen LogP contribution is -2.50. The van der Waals surface area contributed by atoms with E-state index in [9.17, 15) is 9.59 Å². The standard InChI is InChI=1S/C17H19N3O4/c21-15(22)10-17(6-9-24-12-17)19-16(23)14-4-2-13(3-5-14)11-20-8-1-7-18-20/h1-5,7-8H,6,9-12H2,(H,19,23)(H,21,22). The first kappa shape index (κ1) is 16.2. The summed E-state index contributed by atoms with van der Waals surface area (Å²) < 4.78 is 7.09. The van der Waals surface area contributed by atoms with Gasteiger partial charge in [-0.15, -0.1) is 0 Å². The van der Waals surface area contributed by atoms with Crippen LogP contribution in [0.5, 0.6) is 0 Å². The monoisotopic (exact) mass is 329 g/mol. The molecular weight excluding hydrogens is 310 g/mol. The maximum absolute atomic E-state index is 12.4. The summed E-state index contributed by atoms with van der Waals surface area (Å²) in [5.74, 6) is -1.23. The molecular formula is C17H19N3O4. The Morgan fingerprint density at radius 1 is 1.33 bits per heavy atom. The van der Waals surface area contributed by atoms with Gasteiger partial charge in [-0.3, -0.25) is 14.3 Å². The molecule has 1 aromatic heterocycles. The van der Waals surface area contributed by atoms with Gasteiger partial charge < -0.3 is 15.2 Å². The zero-order valence-electron chi connectivity index (χ0n) is 13.1. The lowest BCUT2D eigenvalue weighted by atomic mass is 9.93. The van der Waals surface area contributed by atoms with E-state index in [2.05, 4.69) is 10.4 Å². The maximum atomic E-state index is 12.4. The fourth-order valence-electron chi connectivity index (χ4n) is 2.83. The molecule has 0 bridgehead atoms. The summed E-state index contributed by atoms with van der Waals surface area (Å²) in [6.07, 6.45) is 3.95. The van der Waals surface area contributed by atoms with Crippen molar-refractivity contribution in [2.45, 2.75) is 24.9 Å². The van der Waals surface area contributed by atoms with E-state index in [1.165, 1.54) is 0 Å². The van der Waals surface area contributed by atoms with E-state index in [4.69, 9.17) is 9.84 Å². The number of nitrogens with zero attached hydrogens (tertiary/aromatic N) is 2. The first-order chi connectivity index (χ1) is 11.6. The van der Waals surface area contributed by atoms with Gasteiger partial charge in [0.25, 0.3) is 5.91 Å². The van der Waals surface area contributed by atoms with Crippen molar-refractivity contribution in [1.29, 1.82) is 0 Å². The van der Waals surface area contributed by atoms with Gasteiger partial charge in [0.2, 0.25) is 0 Å². The zero-order chi connectivity index (χ0) is 17.0. The number of carboxylic acids is 1. The van der Waals surface area contributed by atoms with E-state index in [0.29, 0.717) is 25.1 Å². The Hall–Kier alpha value is -2.67. The van der Waals surface area contributed by atoms with Gasteiger partial charge in [0.05, 0.1) is 25.1 Å². The Labute approximate surface area is 139 Å². The average Bonchev–Trinajstić information content (AvgIpc) is 3.20. The molecule has 1 aromatic carbocycles. The molecule has 7 heteroatoms. The Morgan fingerprint density at radius 3 is 2.71 bits per heavy atom. The van der Waals surface area contributed by atoms with Crippen LogP contribution in [0.2, 0.25) is 0 Å². The summed E-state index contributed by atoms with van der Waals surface area (Å²) in [4.78, 5) is 23.5. The molecule has 0 spiro atoms. The van der Waals surface area contributed by atoms with Crippen LogP contribution in [0.3, 0.4) is 0 Å². The Kier molecular flexibility index (Phi) is 4.61. The van der Waals surface area contributed by atoms with Crippen LogP contribution in [0, 0.1) is 0 Å². The van der Waals surface area contributed by atoms with Crippen LogP contribution in [0.1, 0.15) is 28.8 Å². The van der Waals surface area contributed by atoms with Crippen LogP contribution < -0.4 is 5.32 Å². The Bertz CT molecular complexity index is 704. The summed E-state index contributed by atoms with van der Waals surface area (Å²) >= 11 is 0. The minimum Gasteiger partial charge on any atom is -0.481 e. The summed E-state index contributed by atoms with van der Waals surface area (Å²) in [7, 11) is 0. The van der Waals surface area contributed by atoms with Crippen LogP contribution in [-0.4, -0.2) is 45.5 Å². The molecule has 1 amide bonds. The highest BCUT2D eigenvalue weighted by Crippen LogP contribution is 2.23. The first-order valence-corrected chi connectivity index (χ1v) is 7.75. The molecule has 0 aliphatic carbocycles. The van der Waals surface area contributed by atoms with Gasteiger partial charge in [0, 0.05) is 24.6 Å². The molecule has 126 valence electrons. The minimum absolute atomic E-state index is 0.143. The number of ether oxygens (including phenoxy) is 1. The maximum Gasteiger partial charge on any atom is 0.305 e. The fourth-order valence-corrected chi connectivity index (χ4v) is 2.83.